The third-order valence-corrected chi connectivity index (χ3v) is 4.73. The highest BCUT2D eigenvalue weighted by Crippen LogP contribution is 2.46. The molecule has 7 atom stereocenters. The minimum absolute atomic E-state index is 0.0808. The fourth-order valence-electron chi connectivity index (χ4n) is 3.57. The molecular formula is C14H16O4. The van der Waals surface area contributed by atoms with Crippen molar-refractivity contribution in [2.75, 3.05) is 0 Å². The Labute approximate surface area is 105 Å². The van der Waals surface area contributed by atoms with Crippen LogP contribution in [0.2, 0.25) is 0 Å². The summed E-state index contributed by atoms with van der Waals surface area (Å²) in [6, 6.07) is 0. The molecule has 4 nitrogen and oxygen atoms in total. The van der Waals surface area contributed by atoms with E-state index in [-0.39, 0.29) is 30.3 Å². The predicted octanol–water partition coefficient (Wildman–Crippen LogP) is 0.891. The molecule has 4 aliphatic rings. The molecule has 0 aromatic heterocycles. The Morgan fingerprint density at radius 2 is 2.17 bits per heavy atom. The number of carbonyl (C=O) groups is 2. The summed E-state index contributed by atoms with van der Waals surface area (Å²) in [5.41, 5.74) is 0. The summed E-state index contributed by atoms with van der Waals surface area (Å²) in [6.45, 7) is 0. The molecule has 1 saturated carbocycles. The van der Waals surface area contributed by atoms with Crippen molar-refractivity contribution < 1.29 is 19.1 Å². The molecule has 0 aromatic carbocycles. The molecule has 4 rings (SSSR count). The molecular weight excluding hydrogens is 232 g/mol. The first-order valence-electron chi connectivity index (χ1n) is 6.74. The van der Waals surface area contributed by atoms with Gasteiger partial charge in [-0.15, -0.1) is 0 Å². The molecule has 2 aliphatic carbocycles. The number of epoxide rings is 2. The molecule has 2 saturated heterocycles. The van der Waals surface area contributed by atoms with Crippen LogP contribution < -0.4 is 0 Å². The first-order valence-corrected chi connectivity index (χ1v) is 6.74. The van der Waals surface area contributed by atoms with Gasteiger partial charge in [0.1, 0.15) is 12.2 Å². The summed E-state index contributed by atoms with van der Waals surface area (Å²) < 4.78 is 10.6. The second-order valence-corrected chi connectivity index (χ2v) is 5.90. The van der Waals surface area contributed by atoms with Gasteiger partial charge in [0, 0.05) is 5.92 Å². The Morgan fingerprint density at radius 1 is 1.28 bits per heavy atom. The fourth-order valence-corrected chi connectivity index (χ4v) is 3.57. The lowest BCUT2D eigenvalue weighted by Crippen LogP contribution is -2.36. The van der Waals surface area contributed by atoms with Crippen LogP contribution in [0, 0.1) is 17.8 Å². The van der Waals surface area contributed by atoms with Gasteiger partial charge >= 0.3 is 0 Å². The molecule has 3 fully saturated rings. The molecule has 4 heteroatoms. The zero-order chi connectivity index (χ0) is 12.3. The van der Waals surface area contributed by atoms with Crippen molar-refractivity contribution in [3.8, 4) is 0 Å². The lowest BCUT2D eigenvalue weighted by Gasteiger charge is -2.32. The van der Waals surface area contributed by atoms with Crippen molar-refractivity contribution in [1.29, 1.82) is 0 Å². The summed E-state index contributed by atoms with van der Waals surface area (Å²) >= 11 is 0. The van der Waals surface area contributed by atoms with E-state index in [4.69, 9.17) is 9.47 Å². The molecule has 96 valence electrons. The molecule has 0 aromatic rings. The molecule has 0 unspecified atom stereocenters. The maximum absolute atomic E-state index is 12.1. The Kier molecular flexibility index (Phi) is 2.26. The van der Waals surface area contributed by atoms with Crippen molar-refractivity contribution >= 4 is 12.1 Å². The normalized spacial score (nSPS) is 52.4. The molecule has 18 heavy (non-hydrogen) atoms. The standard InChI is InChI=1S/C14H16O4/c15-6-12-10(17-12)4-7-1-2-8-5-11-14(18-11)13(16)9(8)3-7/h1-2,6-12,14H,3-5H2/t7-,8+,9-,10+,11+,12-,14+/m0/s1. The molecule has 0 N–H and O–H groups in total. The minimum Gasteiger partial charge on any atom is -0.362 e. The molecule has 2 aliphatic heterocycles. The number of carbonyl (C=O) groups excluding carboxylic acids is 2. The van der Waals surface area contributed by atoms with Gasteiger partial charge in [-0.2, -0.15) is 0 Å². The SMILES string of the molecule is O=C[C@@H]1O[C@@H]1C[C@H]1C=C[C@@H]2C[C@H]3O[C@H]3C(=O)[C@H]2C1. The zero-order valence-electron chi connectivity index (χ0n) is 10.0. The lowest BCUT2D eigenvalue weighted by molar-refractivity contribution is -0.126. The van der Waals surface area contributed by atoms with Gasteiger partial charge in [-0.3, -0.25) is 4.79 Å². The first-order chi connectivity index (χ1) is 8.76. The molecule has 0 amide bonds. The number of hydrogen-bond acceptors (Lipinski definition) is 4. The summed E-state index contributed by atoms with van der Waals surface area (Å²) in [4.78, 5) is 22.7. The van der Waals surface area contributed by atoms with Gasteiger partial charge in [0.15, 0.2) is 12.1 Å². The monoisotopic (exact) mass is 248 g/mol. The molecule has 0 spiro atoms. The van der Waals surface area contributed by atoms with E-state index in [1.807, 2.05) is 0 Å². The van der Waals surface area contributed by atoms with E-state index in [9.17, 15) is 9.59 Å². The number of ether oxygens (including phenoxy) is 2. The van der Waals surface area contributed by atoms with Crippen LogP contribution >= 0.6 is 0 Å². The van der Waals surface area contributed by atoms with Gasteiger partial charge in [0.25, 0.3) is 0 Å². The van der Waals surface area contributed by atoms with E-state index in [2.05, 4.69) is 12.2 Å². The van der Waals surface area contributed by atoms with Crippen LogP contribution in [-0.2, 0) is 19.1 Å². The maximum atomic E-state index is 12.1. The average Bonchev–Trinajstić information content (AvgIpc) is 3.25. The Morgan fingerprint density at radius 3 is 2.94 bits per heavy atom. The second-order valence-electron chi connectivity index (χ2n) is 5.90. The van der Waals surface area contributed by atoms with Crippen LogP contribution in [0.15, 0.2) is 12.2 Å². The van der Waals surface area contributed by atoms with Gasteiger partial charge in [-0.1, -0.05) is 12.2 Å². The van der Waals surface area contributed by atoms with Gasteiger partial charge in [0.05, 0.1) is 12.2 Å². The number of allylic oxidation sites excluding steroid dienone is 2. The number of ketones is 1. The van der Waals surface area contributed by atoms with E-state index >= 15 is 0 Å². The Bertz CT molecular complexity index is 430. The van der Waals surface area contributed by atoms with Crippen molar-refractivity contribution in [3.63, 3.8) is 0 Å². The van der Waals surface area contributed by atoms with Crippen LogP contribution in [0.3, 0.4) is 0 Å². The number of aldehydes is 1. The highest BCUT2D eigenvalue weighted by Gasteiger charge is 2.55. The van der Waals surface area contributed by atoms with Gasteiger partial charge < -0.3 is 14.3 Å². The average molecular weight is 248 g/mol. The quantitative estimate of drug-likeness (QED) is 0.423. The van der Waals surface area contributed by atoms with Gasteiger partial charge in [-0.05, 0) is 31.1 Å². The molecule has 0 radical (unpaired) electrons. The molecule has 2 heterocycles. The third-order valence-electron chi connectivity index (χ3n) is 4.73. The van der Waals surface area contributed by atoms with E-state index < -0.39 is 0 Å². The summed E-state index contributed by atoms with van der Waals surface area (Å²) in [5.74, 6) is 1.19. The van der Waals surface area contributed by atoms with Gasteiger partial charge in [0.2, 0.25) is 0 Å². The summed E-state index contributed by atoms with van der Waals surface area (Å²) in [7, 11) is 0. The van der Waals surface area contributed by atoms with Crippen LogP contribution in [0.5, 0.6) is 0 Å². The first kappa shape index (κ1) is 10.9. The fraction of sp³-hybridized carbons (Fsp3) is 0.714. The smallest absolute Gasteiger partial charge is 0.167 e. The Hall–Kier alpha value is -1.00. The van der Waals surface area contributed by atoms with E-state index in [0.29, 0.717) is 17.6 Å². The number of hydrogen-bond donors (Lipinski definition) is 0. The number of rotatable bonds is 3. The number of Topliss-reactive ketones (excluding diaryl/α,β-unsaturated/α-hetero) is 1. The topological polar surface area (TPSA) is 59.2 Å². The minimum atomic E-state index is -0.200. The summed E-state index contributed by atoms with van der Waals surface area (Å²) in [5, 5.41) is 0. The maximum Gasteiger partial charge on any atom is 0.167 e. The highest BCUT2D eigenvalue weighted by molar-refractivity contribution is 5.89. The zero-order valence-corrected chi connectivity index (χ0v) is 10.0. The van der Waals surface area contributed by atoms with Crippen molar-refractivity contribution in [2.45, 2.75) is 43.7 Å². The predicted molar refractivity (Wildman–Crippen MR) is 61.9 cm³/mol. The van der Waals surface area contributed by atoms with Crippen LogP contribution in [0.1, 0.15) is 19.3 Å². The Balaban J connectivity index is 1.43. The second kappa shape index (κ2) is 3.75. The van der Waals surface area contributed by atoms with E-state index in [1.54, 1.807) is 0 Å². The summed E-state index contributed by atoms with van der Waals surface area (Å²) in [6.07, 6.45) is 8.02. The largest absolute Gasteiger partial charge is 0.362 e. The van der Waals surface area contributed by atoms with Crippen molar-refractivity contribution in [2.24, 2.45) is 17.8 Å². The van der Waals surface area contributed by atoms with Gasteiger partial charge in [-0.25, -0.2) is 0 Å². The van der Waals surface area contributed by atoms with Crippen LogP contribution in [0.4, 0.5) is 0 Å². The number of fused-ring (bicyclic) bond motifs is 2. The van der Waals surface area contributed by atoms with E-state index in [1.165, 1.54) is 0 Å². The van der Waals surface area contributed by atoms with Crippen LogP contribution in [-0.4, -0.2) is 36.5 Å². The lowest BCUT2D eigenvalue weighted by atomic mass is 9.70. The molecule has 0 bridgehead atoms. The third kappa shape index (κ3) is 1.67. The van der Waals surface area contributed by atoms with Crippen LogP contribution in [0.25, 0.3) is 0 Å². The van der Waals surface area contributed by atoms with Crippen molar-refractivity contribution in [1.82, 2.24) is 0 Å². The van der Waals surface area contributed by atoms with Crippen molar-refractivity contribution in [3.05, 3.63) is 12.2 Å². The highest BCUT2D eigenvalue weighted by atomic mass is 16.6. The van der Waals surface area contributed by atoms with E-state index in [0.717, 1.165) is 25.5 Å².